The summed E-state index contributed by atoms with van der Waals surface area (Å²) in [6.45, 7) is 10.6. The Labute approximate surface area is 139 Å². The van der Waals surface area contributed by atoms with Gasteiger partial charge in [-0.1, -0.05) is 46.8 Å². The minimum Gasteiger partial charge on any atom is -0.355 e. The Kier molecular flexibility index (Phi) is 6.77. The number of rotatable bonds is 7. The van der Waals surface area contributed by atoms with E-state index in [4.69, 9.17) is 0 Å². The van der Waals surface area contributed by atoms with Crippen LogP contribution in [0.1, 0.15) is 46.6 Å². The third kappa shape index (κ3) is 6.71. The van der Waals surface area contributed by atoms with E-state index in [1.165, 1.54) is 0 Å². The van der Waals surface area contributed by atoms with Crippen LogP contribution >= 0.6 is 0 Å². The first-order valence-corrected chi connectivity index (χ1v) is 9.37. The van der Waals surface area contributed by atoms with Gasteiger partial charge in [0.25, 0.3) is 0 Å². The third-order valence-corrected chi connectivity index (χ3v) is 4.84. The molecule has 6 heteroatoms. The first-order chi connectivity index (χ1) is 10.5. The van der Waals surface area contributed by atoms with Crippen LogP contribution in [0.2, 0.25) is 0 Å². The number of sulfonamides is 1. The molecule has 0 aliphatic heterocycles. The molecule has 0 aromatic heterocycles. The van der Waals surface area contributed by atoms with Crippen LogP contribution in [-0.2, 0) is 20.2 Å². The number of hydrogen-bond acceptors (Lipinski definition) is 3. The SMILES string of the molecule is CC(C)CC(=O)NCCNS(=O)(=O)c1ccc(C(C)(C)C)cc1. The quantitative estimate of drug-likeness (QED) is 0.749. The van der Waals surface area contributed by atoms with E-state index in [2.05, 4.69) is 30.8 Å². The highest BCUT2D eigenvalue weighted by Crippen LogP contribution is 2.23. The van der Waals surface area contributed by atoms with Crippen LogP contribution in [0.4, 0.5) is 0 Å². The predicted octanol–water partition coefficient (Wildman–Crippen LogP) is 2.42. The number of nitrogens with one attached hydrogen (secondary N) is 2. The van der Waals surface area contributed by atoms with E-state index in [0.717, 1.165) is 5.56 Å². The van der Waals surface area contributed by atoms with Crippen molar-refractivity contribution in [3.05, 3.63) is 29.8 Å². The molecule has 1 rings (SSSR count). The van der Waals surface area contributed by atoms with Gasteiger partial charge in [0.2, 0.25) is 15.9 Å². The lowest BCUT2D eigenvalue weighted by atomic mass is 9.87. The summed E-state index contributed by atoms with van der Waals surface area (Å²) >= 11 is 0. The first-order valence-electron chi connectivity index (χ1n) is 7.89. The van der Waals surface area contributed by atoms with E-state index in [9.17, 15) is 13.2 Å². The zero-order chi connectivity index (χ0) is 17.7. The van der Waals surface area contributed by atoms with Gasteiger partial charge in [0.15, 0.2) is 0 Å². The van der Waals surface area contributed by atoms with E-state index >= 15 is 0 Å². The fourth-order valence-electron chi connectivity index (χ4n) is 2.05. The molecule has 0 unspecified atom stereocenters. The minimum absolute atomic E-state index is 0.0174. The fraction of sp³-hybridized carbons (Fsp3) is 0.588. The lowest BCUT2D eigenvalue weighted by Crippen LogP contribution is -2.35. The summed E-state index contributed by atoms with van der Waals surface area (Å²) in [7, 11) is -3.54. The van der Waals surface area contributed by atoms with Crippen molar-refractivity contribution in [1.29, 1.82) is 0 Å². The van der Waals surface area contributed by atoms with Crippen molar-refractivity contribution in [3.8, 4) is 0 Å². The molecule has 0 radical (unpaired) electrons. The maximum absolute atomic E-state index is 12.2. The van der Waals surface area contributed by atoms with Gasteiger partial charge in [-0.2, -0.15) is 0 Å². The van der Waals surface area contributed by atoms with Crippen LogP contribution in [0.3, 0.4) is 0 Å². The normalized spacial score (nSPS) is 12.4. The third-order valence-electron chi connectivity index (χ3n) is 3.36. The lowest BCUT2D eigenvalue weighted by molar-refractivity contribution is -0.121. The Morgan fingerprint density at radius 1 is 1.09 bits per heavy atom. The molecule has 1 aromatic rings. The molecular weight excluding hydrogens is 312 g/mol. The highest BCUT2D eigenvalue weighted by molar-refractivity contribution is 7.89. The molecule has 23 heavy (non-hydrogen) atoms. The average molecular weight is 340 g/mol. The number of carbonyl (C=O) groups is 1. The molecule has 0 atom stereocenters. The molecule has 0 fully saturated rings. The summed E-state index contributed by atoms with van der Waals surface area (Å²) in [5.74, 6) is 0.224. The van der Waals surface area contributed by atoms with Crippen LogP contribution in [-0.4, -0.2) is 27.4 Å². The van der Waals surface area contributed by atoms with Gasteiger partial charge >= 0.3 is 0 Å². The van der Waals surface area contributed by atoms with Crippen LogP contribution in [0, 0.1) is 5.92 Å². The van der Waals surface area contributed by atoms with Crippen molar-refractivity contribution in [2.75, 3.05) is 13.1 Å². The summed E-state index contributed by atoms with van der Waals surface area (Å²) in [5.41, 5.74) is 1.06. The topological polar surface area (TPSA) is 75.3 Å². The Morgan fingerprint density at radius 2 is 1.65 bits per heavy atom. The van der Waals surface area contributed by atoms with Crippen molar-refractivity contribution in [1.82, 2.24) is 10.0 Å². The molecule has 0 saturated carbocycles. The highest BCUT2D eigenvalue weighted by Gasteiger charge is 2.17. The number of amides is 1. The Bertz CT molecular complexity index is 614. The van der Waals surface area contributed by atoms with Crippen molar-refractivity contribution in [3.63, 3.8) is 0 Å². The van der Waals surface area contributed by atoms with Crippen LogP contribution < -0.4 is 10.0 Å². The molecule has 130 valence electrons. The maximum Gasteiger partial charge on any atom is 0.240 e. The van der Waals surface area contributed by atoms with Crippen molar-refractivity contribution < 1.29 is 13.2 Å². The van der Waals surface area contributed by atoms with Gasteiger partial charge in [0.1, 0.15) is 0 Å². The van der Waals surface area contributed by atoms with Gasteiger partial charge in [-0.05, 0) is 29.0 Å². The Balaban J connectivity index is 2.55. The number of hydrogen-bond donors (Lipinski definition) is 2. The van der Waals surface area contributed by atoms with Gasteiger partial charge in [-0.3, -0.25) is 4.79 Å². The van der Waals surface area contributed by atoms with Crippen LogP contribution in [0.25, 0.3) is 0 Å². The van der Waals surface area contributed by atoms with Gasteiger partial charge in [0, 0.05) is 19.5 Å². The molecule has 5 nitrogen and oxygen atoms in total. The maximum atomic E-state index is 12.2. The number of benzene rings is 1. The predicted molar refractivity (Wildman–Crippen MR) is 92.8 cm³/mol. The van der Waals surface area contributed by atoms with Crippen molar-refractivity contribution in [2.24, 2.45) is 5.92 Å². The summed E-state index contributed by atoms with van der Waals surface area (Å²) in [6.07, 6.45) is 0.445. The highest BCUT2D eigenvalue weighted by atomic mass is 32.2. The zero-order valence-electron chi connectivity index (χ0n) is 14.6. The van der Waals surface area contributed by atoms with Crippen molar-refractivity contribution in [2.45, 2.75) is 51.3 Å². The van der Waals surface area contributed by atoms with Crippen molar-refractivity contribution >= 4 is 15.9 Å². The molecule has 0 saturated heterocycles. The van der Waals surface area contributed by atoms with Gasteiger partial charge < -0.3 is 5.32 Å². The van der Waals surface area contributed by atoms with E-state index < -0.39 is 10.0 Å². The second-order valence-electron chi connectivity index (χ2n) is 7.12. The van der Waals surface area contributed by atoms with E-state index in [0.29, 0.717) is 6.42 Å². The van der Waals surface area contributed by atoms with E-state index in [-0.39, 0.29) is 35.2 Å². The largest absolute Gasteiger partial charge is 0.355 e. The summed E-state index contributed by atoms with van der Waals surface area (Å²) in [5, 5.41) is 2.70. The summed E-state index contributed by atoms with van der Waals surface area (Å²) < 4.78 is 26.9. The smallest absolute Gasteiger partial charge is 0.240 e. The molecule has 1 amide bonds. The molecule has 0 aliphatic rings. The minimum atomic E-state index is -3.54. The Hall–Kier alpha value is -1.40. The lowest BCUT2D eigenvalue weighted by Gasteiger charge is -2.19. The van der Waals surface area contributed by atoms with Gasteiger partial charge in [-0.15, -0.1) is 0 Å². The number of carbonyl (C=O) groups excluding carboxylic acids is 1. The molecule has 1 aromatic carbocycles. The molecule has 2 N–H and O–H groups in total. The molecule has 0 aliphatic carbocycles. The zero-order valence-corrected chi connectivity index (χ0v) is 15.5. The molecular formula is C17H28N2O3S. The Morgan fingerprint density at radius 3 is 2.13 bits per heavy atom. The summed E-state index contributed by atoms with van der Waals surface area (Å²) in [4.78, 5) is 11.7. The molecule has 0 heterocycles. The summed E-state index contributed by atoms with van der Waals surface area (Å²) in [6, 6.07) is 6.89. The van der Waals surface area contributed by atoms with E-state index in [1.54, 1.807) is 12.1 Å². The second kappa shape index (κ2) is 7.93. The molecule has 0 bridgehead atoms. The van der Waals surface area contributed by atoms with E-state index in [1.807, 2.05) is 26.0 Å². The van der Waals surface area contributed by atoms with Gasteiger partial charge in [-0.25, -0.2) is 13.1 Å². The van der Waals surface area contributed by atoms with Gasteiger partial charge in [0.05, 0.1) is 4.90 Å². The second-order valence-corrected chi connectivity index (χ2v) is 8.89. The first kappa shape index (κ1) is 19.6. The average Bonchev–Trinajstić information content (AvgIpc) is 2.42. The molecule has 0 spiro atoms. The fourth-order valence-corrected chi connectivity index (χ4v) is 3.08. The standard InChI is InChI=1S/C17H28N2O3S/c1-13(2)12-16(20)18-10-11-19-23(21,22)15-8-6-14(7-9-15)17(3,4)5/h6-9,13,19H,10-12H2,1-5H3,(H,18,20). The van der Waals surface area contributed by atoms with Crippen LogP contribution in [0.15, 0.2) is 29.2 Å². The van der Waals surface area contributed by atoms with Crippen LogP contribution in [0.5, 0.6) is 0 Å². The monoisotopic (exact) mass is 340 g/mol.